The van der Waals surface area contributed by atoms with E-state index in [0.29, 0.717) is 10.7 Å². The number of carbonyl (C=O) groups is 1. The van der Waals surface area contributed by atoms with E-state index < -0.39 is 17.8 Å². The summed E-state index contributed by atoms with van der Waals surface area (Å²) in [6.45, 7) is 0. The highest BCUT2D eigenvalue weighted by Crippen LogP contribution is 2.29. The van der Waals surface area contributed by atoms with Crippen LogP contribution in [0.2, 0.25) is 5.02 Å². The molecule has 0 aromatic heterocycles. The summed E-state index contributed by atoms with van der Waals surface area (Å²) >= 11 is 5.77. The number of nitrogens with one attached hydrogen (secondary N) is 2. The van der Waals surface area contributed by atoms with Crippen LogP contribution in [-0.4, -0.2) is 6.03 Å². The zero-order valence-electron chi connectivity index (χ0n) is 10.5. The molecule has 0 heterocycles. The van der Waals surface area contributed by atoms with Gasteiger partial charge in [-0.05, 0) is 42.5 Å². The van der Waals surface area contributed by atoms with E-state index in [1.54, 1.807) is 24.3 Å². The Morgan fingerprint density at radius 2 is 1.57 bits per heavy atom. The predicted octanol–water partition coefficient (Wildman–Crippen LogP) is 5.00. The molecule has 0 fully saturated rings. The van der Waals surface area contributed by atoms with Crippen molar-refractivity contribution in [2.45, 2.75) is 6.18 Å². The molecule has 2 N–H and O–H groups in total. The Morgan fingerprint density at radius 3 is 2.14 bits per heavy atom. The molecule has 0 aliphatic rings. The second-order valence-electron chi connectivity index (χ2n) is 4.16. The Labute approximate surface area is 123 Å². The molecule has 0 saturated carbocycles. The smallest absolute Gasteiger partial charge is 0.308 e. The first-order valence-corrected chi connectivity index (χ1v) is 6.23. The minimum Gasteiger partial charge on any atom is -0.308 e. The van der Waals surface area contributed by atoms with E-state index in [2.05, 4.69) is 10.6 Å². The number of hydrogen-bond donors (Lipinski definition) is 2. The Hall–Kier alpha value is -2.21. The maximum absolute atomic E-state index is 12.4. The SMILES string of the molecule is O=C(Nc1ccc(C(F)(F)F)cc1)Nc1cccc(Cl)c1. The molecule has 7 heteroatoms. The number of rotatable bonds is 2. The van der Waals surface area contributed by atoms with Gasteiger partial charge in [-0.25, -0.2) is 4.79 Å². The van der Waals surface area contributed by atoms with E-state index in [4.69, 9.17) is 11.6 Å². The minimum atomic E-state index is -4.40. The summed E-state index contributed by atoms with van der Waals surface area (Å²) in [4.78, 5) is 11.7. The summed E-state index contributed by atoms with van der Waals surface area (Å²) in [5.74, 6) is 0. The molecule has 3 nitrogen and oxygen atoms in total. The molecule has 2 aromatic carbocycles. The van der Waals surface area contributed by atoms with Gasteiger partial charge in [0.05, 0.1) is 5.56 Å². The normalized spacial score (nSPS) is 11.0. The van der Waals surface area contributed by atoms with E-state index in [1.165, 1.54) is 12.1 Å². The number of alkyl halides is 3. The van der Waals surface area contributed by atoms with Gasteiger partial charge in [-0.2, -0.15) is 13.2 Å². The van der Waals surface area contributed by atoms with Crippen molar-refractivity contribution in [3.05, 3.63) is 59.1 Å². The van der Waals surface area contributed by atoms with Crippen LogP contribution in [0.25, 0.3) is 0 Å². The second kappa shape index (κ2) is 6.05. The monoisotopic (exact) mass is 314 g/mol. The molecule has 0 unspecified atom stereocenters. The standard InChI is InChI=1S/C14H10ClF3N2O/c15-10-2-1-3-12(8-10)20-13(21)19-11-6-4-9(5-7-11)14(16,17)18/h1-8H,(H2,19,20,21). The third-order valence-electron chi connectivity index (χ3n) is 2.55. The Bertz CT molecular complexity index is 641. The summed E-state index contributed by atoms with van der Waals surface area (Å²) in [7, 11) is 0. The van der Waals surface area contributed by atoms with Gasteiger partial charge in [-0.1, -0.05) is 17.7 Å². The third kappa shape index (κ3) is 4.39. The van der Waals surface area contributed by atoms with Crippen LogP contribution in [0.4, 0.5) is 29.3 Å². The van der Waals surface area contributed by atoms with Crippen molar-refractivity contribution >= 4 is 29.0 Å². The lowest BCUT2D eigenvalue weighted by Crippen LogP contribution is -2.19. The third-order valence-corrected chi connectivity index (χ3v) is 2.79. The number of carbonyl (C=O) groups excluding carboxylic acids is 1. The van der Waals surface area contributed by atoms with Crippen molar-refractivity contribution in [1.82, 2.24) is 0 Å². The number of urea groups is 1. The molecule has 0 atom stereocenters. The van der Waals surface area contributed by atoms with Crippen LogP contribution in [0.5, 0.6) is 0 Å². The van der Waals surface area contributed by atoms with Crippen LogP contribution >= 0.6 is 11.6 Å². The van der Waals surface area contributed by atoms with Crippen molar-refractivity contribution in [2.75, 3.05) is 10.6 Å². The predicted molar refractivity (Wildman–Crippen MR) is 75.5 cm³/mol. The van der Waals surface area contributed by atoms with E-state index in [9.17, 15) is 18.0 Å². The maximum atomic E-state index is 12.4. The van der Waals surface area contributed by atoms with E-state index in [1.807, 2.05) is 0 Å². The van der Waals surface area contributed by atoms with Gasteiger partial charge in [0.2, 0.25) is 0 Å². The maximum Gasteiger partial charge on any atom is 0.416 e. The number of hydrogen-bond acceptors (Lipinski definition) is 1. The minimum absolute atomic E-state index is 0.252. The molecule has 2 amide bonds. The van der Waals surface area contributed by atoms with Gasteiger partial charge >= 0.3 is 12.2 Å². The zero-order valence-corrected chi connectivity index (χ0v) is 11.3. The quantitative estimate of drug-likeness (QED) is 0.804. The van der Waals surface area contributed by atoms with Crippen molar-refractivity contribution in [2.24, 2.45) is 0 Å². The van der Waals surface area contributed by atoms with Crippen LogP contribution in [0.3, 0.4) is 0 Å². The fourth-order valence-corrected chi connectivity index (χ4v) is 1.79. The van der Waals surface area contributed by atoms with Gasteiger partial charge in [0, 0.05) is 16.4 Å². The molecular weight excluding hydrogens is 305 g/mol. The van der Waals surface area contributed by atoms with Crippen LogP contribution in [-0.2, 0) is 6.18 Å². The highest BCUT2D eigenvalue weighted by atomic mass is 35.5. The van der Waals surface area contributed by atoms with Gasteiger partial charge in [0.25, 0.3) is 0 Å². The van der Waals surface area contributed by atoms with Crippen LogP contribution in [0.15, 0.2) is 48.5 Å². The first-order chi connectivity index (χ1) is 9.84. The van der Waals surface area contributed by atoms with Gasteiger partial charge in [0.15, 0.2) is 0 Å². The second-order valence-corrected chi connectivity index (χ2v) is 4.60. The number of halogens is 4. The Kier molecular flexibility index (Phi) is 4.37. The Balaban J connectivity index is 2.00. The first kappa shape index (κ1) is 15.2. The molecule has 2 aromatic rings. The highest BCUT2D eigenvalue weighted by molar-refractivity contribution is 6.30. The Morgan fingerprint density at radius 1 is 0.952 bits per heavy atom. The molecule has 0 aliphatic heterocycles. The van der Waals surface area contributed by atoms with Gasteiger partial charge in [-0.3, -0.25) is 0 Å². The number of benzene rings is 2. The van der Waals surface area contributed by atoms with Gasteiger partial charge in [-0.15, -0.1) is 0 Å². The van der Waals surface area contributed by atoms with Gasteiger partial charge < -0.3 is 10.6 Å². The largest absolute Gasteiger partial charge is 0.416 e. The van der Waals surface area contributed by atoms with Gasteiger partial charge in [0.1, 0.15) is 0 Å². The van der Waals surface area contributed by atoms with E-state index in [0.717, 1.165) is 12.1 Å². The van der Waals surface area contributed by atoms with Crippen LogP contribution in [0, 0.1) is 0 Å². The lowest BCUT2D eigenvalue weighted by atomic mass is 10.2. The summed E-state index contributed by atoms with van der Waals surface area (Å²) in [5.41, 5.74) is -0.0438. The molecule has 0 bridgehead atoms. The average Bonchev–Trinajstić information content (AvgIpc) is 2.38. The summed E-state index contributed by atoms with van der Waals surface area (Å²) in [6, 6.07) is 10.1. The number of amides is 2. The highest BCUT2D eigenvalue weighted by Gasteiger charge is 2.29. The lowest BCUT2D eigenvalue weighted by Gasteiger charge is -2.10. The summed E-state index contributed by atoms with van der Waals surface area (Å²) in [5, 5.41) is 5.41. The molecule has 0 spiro atoms. The molecule has 0 radical (unpaired) electrons. The van der Waals surface area contributed by atoms with E-state index >= 15 is 0 Å². The summed E-state index contributed by atoms with van der Waals surface area (Å²) < 4.78 is 37.2. The van der Waals surface area contributed by atoms with E-state index in [-0.39, 0.29) is 5.69 Å². The number of anilines is 2. The fourth-order valence-electron chi connectivity index (χ4n) is 1.60. The lowest BCUT2D eigenvalue weighted by molar-refractivity contribution is -0.137. The van der Waals surface area contributed by atoms with Crippen molar-refractivity contribution in [3.63, 3.8) is 0 Å². The van der Waals surface area contributed by atoms with Crippen molar-refractivity contribution in [1.29, 1.82) is 0 Å². The topological polar surface area (TPSA) is 41.1 Å². The van der Waals surface area contributed by atoms with Crippen LogP contribution < -0.4 is 10.6 Å². The van der Waals surface area contributed by atoms with Crippen molar-refractivity contribution < 1.29 is 18.0 Å². The van der Waals surface area contributed by atoms with Crippen molar-refractivity contribution in [3.8, 4) is 0 Å². The molecule has 0 saturated heterocycles. The molecule has 0 aliphatic carbocycles. The molecule has 21 heavy (non-hydrogen) atoms. The molecule has 2 rings (SSSR count). The fraction of sp³-hybridized carbons (Fsp3) is 0.0714. The summed E-state index contributed by atoms with van der Waals surface area (Å²) in [6.07, 6.45) is -4.40. The first-order valence-electron chi connectivity index (χ1n) is 5.85. The molecular formula is C14H10ClF3N2O. The van der Waals surface area contributed by atoms with Crippen LogP contribution in [0.1, 0.15) is 5.56 Å². The zero-order chi connectivity index (χ0) is 15.5. The molecule has 110 valence electrons. The average molecular weight is 315 g/mol.